The molecule has 1 saturated heterocycles. The Balaban J connectivity index is 1.88. The summed E-state index contributed by atoms with van der Waals surface area (Å²) in [4.78, 5) is 0. The van der Waals surface area contributed by atoms with Gasteiger partial charge in [0, 0.05) is 17.0 Å². The Bertz CT molecular complexity index is 796. The van der Waals surface area contributed by atoms with E-state index in [1.807, 2.05) is 6.08 Å². The zero-order valence-electron chi connectivity index (χ0n) is 14.6. The van der Waals surface area contributed by atoms with Crippen LogP contribution >= 0.6 is 0 Å². The lowest BCUT2D eigenvalue weighted by Crippen LogP contribution is -2.20. The van der Waals surface area contributed by atoms with E-state index in [-0.39, 0.29) is 28.4 Å². The molecule has 1 heterocycles. The van der Waals surface area contributed by atoms with Crippen LogP contribution in [-0.4, -0.2) is 13.2 Å². The van der Waals surface area contributed by atoms with Crippen molar-refractivity contribution in [2.24, 2.45) is 5.92 Å². The number of benzene rings is 2. The van der Waals surface area contributed by atoms with Gasteiger partial charge in [0.1, 0.15) is 0 Å². The zero-order chi connectivity index (χ0) is 18.7. The summed E-state index contributed by atoms with van der Waals surface area (Å²) < 4.78 is 54.1. The van der Waals surface area contributed by atoms with Crippen molar-refractivity contribution in [2.75, 3.05) is 13.2 Å². The quantitative estimate of drug-likeness (QED) is 0.624. The van der Waals surface area contributed by atoms with Crippen LogP contribution in [0.4, 0.5) is 13.2 Å². The van der Waals surface area contributed by atoms with Gasteiger partial charge in [0.2, 0.25) is 0 Å². The summed E-state index contributed by atoms with van der Waals surface area (Å²) in [6, 6.07) is 7.05. The molecule has 1 aliphatic rings. The number of hydrogen-bond acceptors (Lipinski definition) is 2. The van der Waals surface area contributed by atoms with Gasteiger partial charge in [-0.15, -0.1) is 6.58 Å². The van der Waals surface area contributed by atoms with Crippen LogP contribution in [-0.2, 0) is 4.74 Å². The fraction of sp³-hybridized carbons (Fsp3) is 0.333. The van der Waals surface area contributed by atoms with Crippen molar-refractivity contribution >= 4 is 0 Å². The largest absolute Gasteiger partial charge is 0.491 e. The number of hydrogen-bond donors (Lipinski definition) is 0. The van der Waals surface area contributed by atoms with Gasteiger partial charge in [-0.1, -0.05) is 24.3 Å². The topological polar surface area (TPSA) is 18.5 Å². The molecule has 0 aliphatic carbocycles. The first-order valence-corrected chi connectivity index (χ1v) is 8.69. The molecule has 0 N–H and O–H groups in total. The lowest BCUT2D eigenvalue weighted by atomic mass is 9.93. The molecule has 138 valence electrons. The number of ether oxygens (including phenoxy) is 2. The minimum atomic E-state index is -1.000. The van der Waals surface area contributed by atoms with Gasteiger partial charge < -0.3 is 9.47 Å². The Morgan fingerprint density at radius 3 is 2.58 bits per heavy atom. The second-order valence-corrected chi connectivity index (χ2v) is 6.30. The molecule has 2 atom stereocenters. The molecule has 2 aromatic rings. The number of halogens is 3. The van der Waals surface area contributed by atoms with E-state index in [1.54, 1.807) is 6.92 Å². The average molecular weight is 362 g/mol. The highest BCUT2D eigenvalue weighted by atomic mass is 19.2. The van der Waals surface area contributed by atoms with E-state index in [0.29, 0.717) is 19.6 Å². The predicted molar refractivity (Wildman–Crippen MR) is 94.5 cm³/mol. The van der Waals surface area contributed by atoms with Crippen LogP contribution < -0.4 is 4.74 Å². The minimum absolute atomic E-state index is 0.00739. The third-order valence-corrected chi connectivity index (χ3v) is 4.65. The maximum atomic E-state index is 14.6. The highest BCUT2D eigenvalue weighted by Crippen LogP contribution is 2.36. The van der Waals surface area contributed by atoms with Gasteiger partial charge in [-0.25, -0.2) is 13.2 Å². The molecule has 5 heteroatoms. The smallest absolute Gasteiger partial charge is 0.167 e. The molecule has 0 bridgehead atoms. The summed E-state index contributed by atoms with van der Waals surface area (Å²) in [5, 5.41) is 0. The molecule has 2 nitrogen and oxygen atoms in total. The third-order valence-electron chi connectivity index (χ3n) is 4.65. The summed E-state index contributed by atoms with van der Waals surface area (Å²) in [6.45, 7) is 6.24. The normalized spacial score (nSPS) is 20.0. The van der Waals surface area contributed by atoms with Crippen molar-refractivity contribution in [3.8, 4) is 16.9 Å². The summed E-state index contributed by atoms with van der Waals surface area (Å²) in [5.74, 6) is -2.23. The summed E-state index contributed by atoms with van der Waals surface area (Å²) in [6.07, 6.45) is 2.76. The van der Waals surface area contributed by atoms with Gasteiger partial charge >= 0.3 is 0 Å². The second-order valence-electron chi connectivity index (χ2n) is 6.30. The predicted octanol–water partition coefficient (Wildman–Crippen LogP) is 5.82. The van der Waals surface area contributed by atoms with Gasteiger partial charge in [0.05, 0.1) is 19.3 Å². The first-order chi connectivity index (χ1) is 12.5. The van der Waals surface area contributed by atoms with Crippen LogP contribution in [0.3, 0.4) is 0 Å². The van der Waals surface area contributed by atoms with E-state index < -0.39 is 23.6 Å². The van der Waals surface area contributed by atoms with Crippen LogP contribution in [0.15, 0.2) is 43.0 Å². The van der Waals surface area contributed by atoms with E-state index in [0.717, 1.165) is 12.5 Å². The van der Waals surface area contributed by atoms with Gasteiger partial charge in [0.25, 0.3) is 0 Å². The maximum Gasteiger partial charge on any atom is 0.167 e. The number of rotatable bonds is 5. The highest BCUT2D eigenvalue weighted by molar-refractivity contribution is 5.66. The fourth-order valence-corrected chi connectivity index (χ4v) is 3.18. The Kier molecular flexibility index (Phi) is 5.67. The molecule has 2 unspecified atom stereocenters. The molecular formula is C21H21F3O2. The molecule has 26 heavy (non-hydrogen) atoms. The van der Waals surface area contributed by atoms with Crippen molar-refractivity contribution < 1.29 is 22.6 Å². The van der Waals surface area contributed by atoms with E-state index in [1.165, 1.54) is 24.3 Å². The SMILES string of the molecule is C=CC1CCC(c2ccc(-c3ccc(OCC)c(F)c3)c(F)c2F)OC1. The second kappa shape index (κ2) is 7.96. The summed E-state index contributed by atoms with van der Waals surface area (Å²) in [5.41, 5.74) is 0.457. The van der Waals surface area contributed by atoms with E-state index in [4.69, 9.17) is 9.47 Å². The molecule has 2 aromatic carbocycles. The Labute approximate surface area is 151 Å². The molecule has 3 rings (SSSR count). The molecule has 0 amide bonds. The fourth-order valence-electron chi connectivity index (χ4n) is 3.18. The molecule has 0 aromatic heterocycles. The first-order valence-electron chi connectivity index (χ1n) is 8.69. The zero-order valence-corrected chi connectivity index (χ0v) is 14.6. The molecule has 0 saturated carbocycles. The average Bonchev–Trinajstić information content (AvgIpc) is 2.66. The summed E-state index contributed by atoms with van der Waals surface area (Å²) in [7, 11) is 0. The maximum absolute atomic E-state index is 14.6. The lowest BCUT2D eigenvalue weighted by Gasteiger charge is -2.28. The van der Waals surface area contributed by atoms with Gasteiger partial charge in [-0.3, -0.25) is 0 Å². The van der Waals surface area contributed by atoms with Gasteiger partial charge in [-0.05, 0) is 37.5 Å². The summed E-state index contributed by atoms with van der Waals surface area (Å²) >= 11 is 0. The van der Waals surface area contributed by atoms with Crippen LogP contribution in [0, 0.1) is 23.4 Å². The third kappa shape index (κ3) is 3.63. The van der Waals surface area contributed by atoms with Crippen molar-refractivity contribution in [1.29, 1.82) is 0 Å². The molecule has 1 fully saturated rings. The highest BCUT2D eigenvalue weighted by Gasteiger charge is 2.26. The van der Waals surface area contributed by atoms with Crippen molar-refractivity contribution in [1.82, 2.24) is 0 Å². The molecule has 1 aliphatic heterocycles. The molecule has 0 spiro atoms. The van der Waals surface area contributed by atoms with Crippen molar-refractivity contribution in [3.63, 3.8) is 0 Å². The van der Waals surface area contributed by atoms with Crippen LogP contribution in [0.2, 0.25) is 0 Å². The Morgan fingerprint density at radius 1 is 1.15 bits per heavy atom. The molecular weight excluding hydrogens is 341 g/mol. The monoisotopic (exact) mass is 362 g/mol. The molecule has 0 radical (unpaired) electrons. The lowest BCUT2D eigenvalue weighted by molar-refractivity contribution is -0.00732. The van der Waals surface area contributed by atoms with Crippen molar-refractivity contribution in [2.45, 2.75) is 25.9 Å². The standard InChI is InChI=1S/C21H21F3O2/c1-3-13-5-9-18(26-12-13)16-8-7-15(20(23)21(16)24)14-6-10-19(25-4-2)17(22)11-14/h3,6-8,10-11,13,18H,1,4-5,9,12H2,2H3. The van der Waals surface area contributed by atoms with Crippen LogP contribution in [0.25, 0.3) is 11.1 Å². The van der Waals surface area contributed by atoms with Gasteiger partial charge in [-0.2, -0.15) is 0 Å². The van der Waals surface area contributed by atoms with Gasteiger partial charge in [0.15, 0.2) is 23.2 Å². The van der Waals surface area contributed by atoms with Crippen LogP contribution in [0.1, 0.15) is 31.4 Å². The van der Waals surface area contributed by atoms with E-state index >= 15 is 0 Å². The van der Waals surface area contributed by atoms with Crippen LogP contribution in [0.5, 0.6) is 5.75 Å². The Morgan fingerprint density at radius 2 is 1.96 bits per heavy atom. The van der Waals surface area contributed by atoms with E-state index in [9.17, 15) is 13.2 Å². The van der Waals surface area contributed by atoms with E-state index in [2.05, 4.69) is 6.58 Å². The first kappa shape index (κ1) is 18.5. The van der Waals surface area contributed by atoms with Crippen molar-refractivity contribution in [3.05, 3.63) is 66.0 Å². The Hall–Kier alpha value is -2.27. The minimum Gasteiger partial charge on any atom is -0.491 e.